The van der Waals surface area contributed by atoms with Crippen LogP contribution in [0.5, 0.6) is 0 Å². The fourth-order valence-corrected chi connectivity index (χ4v) is 4.04. The molecule has 1 fully saturated rings. The molecular weight excluding hydrogens is 381 g/mol. The van der Waals surface area contributed by atoms with Crippen LogP contribution in [-0.4, -0.2) is 28.6 Å². The maximum Gasteiger partial charge on any atom is 0.248 e. The van der Waals surface area contributed by atoms with Crippen molar-refractivity contribution in [1.29, 1.82) is 0 Å². The first-order chi connectivity index (χ1) is 13.8. The topological polar surface area (TPSA) is 65.1 Å². The molecule has 4 rings (SSSR count). The summed E-state index contributed by atoms with van der Waals surface area (Å²) >= 11 is 0. The van der Waals surface area contributed by atoms with E-state index in [0.717, 1.165) is 24.5 Å². The third kappa shape index (κ3) is 3.74. The van der Waals surface area contributed by atoms with Gasteiger partial charge in [-0.15, -0.1) is 0 Å². The molecule has 7 heteroatoms. The Labute approximate surface area is 165 Å². The van der Waals surface area contributed by atoms with E-state index in [1.165, 1.54) is 25.1 Å². The zero-order chi connectivity index (χ0) is 20.7. The van der Waals surface area contributed by atoms with Gasteiger partial charge >= 0.3 is 0 Å². The molecule has 0 radical (unpaired) electrons. The van der Waals surface area contributed by atoms with Gasteiger partial charge in [-0.2, -0.15) is 0 Å². The molecule has 1 aliphatic carbocycles. The largest absolute Gasteiger partial charge is 0.384 e. The fourth-order valence-electron chi connectivity index (χ4n) is 4.04. The van der Waals surface area contributed by atoms with Gasteiger partial charge in [0.25, 0.3) is 0 Å². The molecule has 0 aliphatic heterocycles. The molecule has 1 unspecified atom stereocenters. The molecule has 3 aromatic rings. The molecule has 1 heterocycles. The summed E-state index contributed by atoms with van der Waals surface area (Å²) < 4.78 is 41.6. The highest BCUT2D eigenvalue weighted by Crippen LogP contribution is 2.48. The number of hydrogen-bond acceptors (Lipinski definition) is 2. The maximum atomic E-state index is 14.4. The van der Waals surface area contributed by atoms with E-state index < -0.39 is 23.6 Å². The maximum absolute atomic E-state index is 14.4. The monoisotopic (exact) mass is 402 g/mol. The van der Waals surface area contributed by atoms with E-state index in [1.807, 2.05) is 0 Å². The van der Waals surface area contributed by atoms with Crippen LogP contribution in [-0.2, 0) is 4.79 Å². The number of carbonyl (C=O) groups excluding carboxylic acids is 1. The third-order valence-corrected chi connectivity index (χ3v) is 5.59. The van der Waals surface area contributed by atoms with Crippen molar-refractivity contribution in [2.75, 3.05) is 6.54 Å². The molecule has 2 aromatic carbocycles. The van der Waals surface area contributed by atoms with Gasteiger partial charge in [0.2, 0.25) is 5.91 Å². The van der Waals surface area contributed by atoms with E-state index in [4.69, 9.17) is 0 Å². The van der Waals surface area contributed by atoms with Crippen molar-refractivity contribution < 1.29 is 23.1 Å². The summed E-state index contributed by atoms with van der Waals surface area (Å²) in [6.07, 6.45) is 0.411. The van der Waals surface area contributed by atoms with Crippen molar-refractivity contribution in [1.82, 2.24) is 10.3 Å². The molecule has 1 atom stereocenters. The van der Waals surface area contributed by atoms with Gasteiger partial charge < -0.3 is 15.4 Å². The Balaban J connectivity index is 1.65. The predicted molar refractivity (Wildman–Crippen MR) is 104 cm³/mol. The number of carbonyl (C=O) groups is 1. The average molecular weight is 402 g/mol. The second-order valence-corrected chi connectivity index (χ2v) is 7.69. The van der Waals surface area contributed by atoms with Crippen LogP contribution in [0.2, 0.25) is 0 Å². The van der Waals surface area contributed by atoms with Gasteiger partial charge in [0.15, 0.2) is 0 Å². The number of hydrogen-bond donors (Lipinski definition) is 3. The summed E-state index contributed by atoms with van der Waals surface area (Å²) in [6, 6.07) is 8.03. The number of H-pyrrole nitrogens is 1. The Hall–Kier alpha value is -2.80. The summed E-state index contributed by atoms with van der Waals surface area (Å²) in [7, 11) is 0. The van der Waals surface area contributed by atoms with Crippen LogP contribution < -0.4 is 5.32 Å². The second kappa shape index (κ2) is 7.55. The number of nitrogens with one attached hydrogen (secondary N) is 2. The first-order valence-corrected chi connectivity index (χ1v) is 9.55. The number of rotatable bonds is 5. The lowest BCUT2D eigenvalue weighted by molar-refractivity contribution is -0.128. The summed E-state index contributed by atoms with van der Waals surface area (Å²) in [6.45, 7) is 1.85. The van der Waals surface area contributed by atoms with Crippen LogP contribution in [0.4, 0.5) is 13.2 Å². The Morgan fingerprint density at radius 3 is 2.52 bits per heavy atom. The van der Waals surface area contributed by atoms with Crippen molar-refractivity contribution in [3.05, 3.63) is 59.4 Å². The van der Waals surface area contributed by atoms with E-state index >= 15 is 0 Å². The lowest BCUT2D eigenvalue weighted by atomic mass is 9.70. The summed E-state index contributed by atoms with van der Waals surface area (Å²) in [5.74, 6) is -1.85. The molecule has 0 bridgehead atoms. The van der Waals surface area contributed by atoms with Crippen LogP contribution in [0.15, 0.2) is 36.4 Å². The number of aromatic amines is 1. The molecule has 29 heavy (non-hydrogen) atoms. The van der Waals surface area contributed by atoms with Crippen LogP contribution in [0.3, 0.4) is 0 Å². The van der Waals surface area contributed by atoms with Crippen molar-refractivity contribution in [3.63, 3.8) is 0 Å². The zero-order valence-corrected chi connectivity index (χ0v) is 15.8. The van der Waals surface area contributed by atoms with Crippen molar-refractivity contribution >= 4 is 16.8 Å². The Morgan fingerprint density at radius 1 is 1.17 bits per heavy atom. The number of amides is 1. The van der Waals surface area contributed by atoms with Crippen molar-refractivity contribution in [2.24, 2.45) is 5.92 Å². The Kier molecular flexibility index (Phi) is 5.08. The van der Waals surface area contributed by atoms with Gasteiger partial charge in [-0.05, 0) is 73.1 Å². The number of halogens is 3. The molecule has 1 aliphatic rings. The van der Waals surface area contributed by atoms with Gasteiger partial charge in [-0.3, -0.25) is 4.79 Å². The normalized spacial score (nSPS) is 19.8. The lowest BCUT2D eigenvalue weighted by Crippen LogP contribution is -2.39. The minimum absolute atomic E-state index is 0.0541. The van der Waals surface area contributed by atoms with E-state index in [1.54, 1.807) is 12.1 Å². The lowest BCUT2D eigenvalue weighted by Gasteiger charge is -2.36. The molecule has 152 valence electrons. The minimum Gasteiger partial charge on any atom is -0.384 e. The zero-order valence-electron chi connectivity index (χ0n) is 15.8. The number of fused-ring (bicyclic) bond motifs is 1. The van der Waals surface area contributed by atoms with Crippen LogP contribution in [0, 0.1) is 23.4 Å². The Morgan fingerprint density at radius 2 is 1.86 bits per heavy atom. The standard InChI is InChI=1S/C22H21F3N2O2/c1-11(28)22(29)26-10-12-6-14(7-12)19-17-8-16(24)9-18(25)21(17)27-20(19)13-2-4-15(23)5-3-13/h2-5,8-9,11-12,14,27-28H,6-7,10H2,1H3,(H,26,29). The smallest absolute Gasteiger partial charge is 0.248 e. The Bertz CT molecular complexity index is 1050. The third-order valence-electron chi connectivity index (χ3n) is 5.59. The number of aliphatic hydroxyl groups is 1. The van der Waals surface area contributed by atoms with Gasteiger partial charge in [0.1, 0.15) is 23.6 Å². The second-order valence-electron chi connectivity index (χ2n) is 7.69. The van der Waals surface area contributed by atoms with Gasteiger partial charge in [-0.25, -0.2) is 13.2 Å². The van der Waals surface area contributed by atoms with Crippen LogP contribution in [0.1, 0.15) is 31.2 Å². The summed E-state index contributed by atoms with van der Waals surface area (Å²) in [5.41, 5.74) is 2.39. The first kappa shape index (κ1) is 19.5. The van der Waals surface area contributed by atoms with Crippen LogP contribution in [0.25, 0.3) is 22.2 Å². The molecule has 0 spiro atoms. The number of benzene rings is 2. The van der Waals surface area contributed by atoms with E-state index in [9.17, 15) is 23.1 Å². The van der Waals surface area contributed by atoms with Gasteiger partial charge in [0, 0.05) is 18.0 Å². The van der Waals surface area contributed by atoms with E-state index in [2.05, 4.69) is 10.3 Å². The van der Waals surface area contributed by atoms with E-state index in [-0.39, 0.29) is 23.2 Å². The number of aromatic nitrogens is 1. The average Bonchev–Trinajstić information content (AvgIpc) is 3.00. The molecule has 1 aromatic heterocycles. The number of aliphatic hydroxyl groups excluding tert-OH is 1. The molecule has 1 amide bonds. The van der Waals surface area contributed by atoms with Crippen LogP contribution >= 0.6 is 0 Å². The molecular formula is C22H21F3N2O2. The highest BCUT2D eigenvalue weighted by Gasteiger charge is 2.35. The van der Waals surface area contributed by atoms with Crippen molar-refractivity contribution in [3.8, 4) is 11.3 Å². The summed E-state index contributed by atoms with van der Waals surface area (Å²) in [5, 5.41) is 12.4. The quantitative estimate of drug-likeness (QED) is 0.598. The predicted octanol–water partition coefficient (Wildman–Crippen LogP) is 4.24. The van der Waals surface area contributed by atoms with Crippen molar-refractivity contribution in [2.45, 2.75) is 31.8 Å². The highest BCUT2D eigenvalue weighted by atomic mass is 19.1. The molecule has 1 saturated carbocycles. The van der Waals surface area contributed by atoms with Gasteiger partial charge in [0.05, 0.1) is 11.2 Å². The van der Waals surface area contributed by atoms with Gasteiger partial charge in [-0.1, -0.05) is 0 Å². The minimum atomic E-state index is -1.06. The molecule has 4 nitrogen and oxygen atoms in total. The first-order valence-electron chi connectivity index (χ1n) is 9.55. The fraction of sp³-hybridized carbons (Fsp3) is 0.318. The summed E-state index contributed by atoms with van der Waals surface area (Å²) in [4.78, 5) is 14.6. The molecule has 3 N–H and O–H groups in total. The SMILES string of the molecule is CC(O)C(=O)NCC1CC(c2c(-c3ccc(F)cc3)[nH]c3c(F)cc(F)cc23)C1. The van der Waals surface area contributed by atoms with E-state index in [0.29, 0.717) is 23.2 Å². The highest BCUT2D eigenvalue weighted by molar-refractivity contribution is 5.92. The molecule has 0 saturated heterocycles.